The van der Waals surface area contributed by atoms with Crippen LogP contribution >= 0.6 is 0 Å². The lowest BCUT2D eigenvalue weighted by atomic mass is 9.63. The van der Waals surface area contributed by atoms with Gasteiger partial charge in [-0.05, 0) is 65.4 Å². The number of methoxy groups -OCH3 is 1. The van der Waals surface area contributed by atoms with E-state index in [9.17, 15) is 19.5 Å². The van der Waals surface area contributed by atoms with Crippen LogP contribution in [0.5, 0.6) is 5.75 Å². The van der Waals surface area contributed by atoms with E-state index >= 15 is 0 Å². The van der Waals surface area contributed by atoms with Gasteiger partial charge in [-0.1, -0.05) is 45.0 Å². The minimum absolute atomic E-state index is 0.0630. The monoisotopic (exact) mass is 623 g/mol. The molecule has 0 unspecified atom stereocenters. The maximum absolute atomic E-state index is 14.9. The van der Waals surface area contributed by atoms with Crippen molar-refractivity contribution in [2.75, 3.05) is 41.5 Å². The van der Waals surface area contributed by atoms with Gasteiger partial charge in [0.25, 0.3) is 5.91 Å². The Balaban J connectivity index is 1.29. The molecule has 3 fully saturated rings. The lowest BCUT2D eigenvalue weighted by Crippen LogP contribution is -2.46. The van der Waals surface area contributed by atoms with Crippen molar-refractivity contribution in [3.05, 3.63) is 83.4 Å². The number of hydrogen-bond donors (Lipinski definition) is 1. The van der Waals surface area contributed by atoms with Gasteiger partial charge in [0.2, 0.25) is 11.8 Å². The number of nitrogens with zero attached hydrogens (tertiary/aromatic N) is 3. The van der Waals surface area contributed by atoms with Crippen LogP contribution in [0.2, 0.25) is 0 Å². The number of rotatable bonds is 9. The fourth-order valence-electron chi connectivity index (χ4n) is 8.16. The van der Waals surface area contributed by atoms with Gasteiger partial charge in [-0.25, -0.2) is 0 Å². The highest BCUT2D eigenvalue weighted by Crippen LogP contribution is 2.60. The molecule has 3 aromatic rings. The van der Waals surface area contributed by atoms with Crippen LogP contribution in [0.4, 0.5) is 17.1 Å². The average molecular weight is 624 g/mol. The van der Waals surface area contributed by atoms with Crippen molar-refractivity contribution in [2.45, 2.75) is 63.7 Å². The number of amides is 3. The number of carbonyl (C=O) groups is 3. The van der Waals surface area contributed by atoms with E-state index in [1.165, 1.54) is 0 Å². The summed E-state index contributed by atoms with van der Waals surface area (Å²) in [5, 5.41) is 10.2. The Kier molecular flexibility index (Phi) is 7.44. The van der Waals surface area contributed by atoms with Crippen molar-refractivity contribution < 1.29 is 29.0 Å². The van der Waals surface area contributed by atoms with Gasteiger partial charge in [0, 0.05) is 61.3 Å². The predicted octanol–water partition coefficient (Wildman–Crippen LogP) is 4.92. The predicted molar refractivity (Wildman–Crippen MR) is 175 cm³/mol. The van der Waals surface area contributed by atoms with E-state index in [1.807, 2.05) is 54.6 Å². The largest absolute Gasteiger partial charge is 0.497 e. The van der Waals surface area contributed by atoms with Crippen molar-refractivity contribution in [3.8, 4) is 5.75 Å². The first-order chi connectivity index (χ1) is 22.1. The third kappa shape index (κ3) is 4.54. The maximum atomic E-state index is 14.9. The molecule has 0 aliphatic carbocycles. The molecule has 3 amide bonds. The Bertz CT molecular complexity index is 1690. The van der Waals surface area contributed by atoms with Gasteiger partial charge in [-0.15, -0.1) is 0 Å². The molecule has 46 heavy (non-hydrogen) atoms. The summed E-state index contributed by atoms with van der Waals surface area (Å²) >= 11 is 0. The highest BCUT2D eigenvalue weighted by atomic mass is 16.5. The van der Waals surface area contributed by atoms with Gasteiger partial charge in [-0.3, -0.25) is 14.4 Å². The van der Waals surface area contributed by atoms with E-state index in [0.29, 0.717) is 32.4 Å². The summed E-state index contributed by atoms with van der Waals surface area (Å²) in [6.07, 6.45) is 1.08. The smallest absolute Gasteiger partial charge is 0.264 e. The van der Waals surface area contributed by atoms with Crippen molar-refractivity contribution >= 4 is 34.8 Å². The normalized spacial score (nSPS) is 25.6. The van der Waals surface area contributed by atoms with Crippen LogP contribution in [0.25, 0.3) is 0 Å². The SMILES string of the molecule is COc1ccc(C(C)(C)[C@H]2[C@H](CCO)O[C@@]3(C(=O)N(Cc4ccc(N5CCC5=O)cc4)c4ccc(N5CCC5=O)cc43)[C@@H]2C)cc1. The van der Waals surface area contributed by atoms with Gasteiger partial charge in [-0.2, -0.15) is 0 Å². The number of anilines is 3. The summed E-state index contributed by atoms with van der Waals surface area (Å²) in [6.45, 7) is 8.09. The van der Waals surface area contributed by atoms with E-state index in [-0.39, 0.29) is 36.2 Å². The van der Waals surface area contributed by atoms with E-state index in [2.05, 4.69) is 32.9 Å². The fraction of sp³-hybridized carbons (Fsp3) is 0.432. The highest BCUT2D eigenvalue weighted by Gasteiger charge is 2.66. The molecule has 1 spiro atoms. The second kappa shape index (κ2) is 11.2. The van der Waals surface area contributed by atoms with E-state index in [0.717, 1.165) is 46.0 Å². The zero-order chi connectivity index (χ0) is 32.4. The van der Waals surface area contributed by atoms with E-state index in [4.69, 9.17) is 9.47 Å². The van der Waals surface area contributed by atoms with Crippen LogP contribution in [-0.4, -0.2) is 55.7 Å². The van der Waals surface area contributed by atoms with E-state index in [1.54, 1.807) is 21.8 Å². The second-order valence-electron chi connectivity index (χ2n) is 13.5. The Morgan fingerprint density at radius 1 is 0.913 bits per heavy atom. The van der Waals surface area contributed by atoms with Crippen LogP contribution in [0.15, 0.2) is 66.7 Å². The topological polar surface area (TPSA) is 99.6 Å². The Labute approximate surface area is 269 Å². The third-order valence-electron chi connectivity index (χ3n) is 10.8. The van der Waals surface area contributed by atoms with Crippen LogP contribution in [0.1, 0.15) is 56.7 Å². The molecule has 3 saturated heterocycles. The number of ether oxygens (including phenoxy) is 2. The average Bonchev–Trinajstić information content (AvgIpc) is 3.47. The molecule has 4 atom stereocenters. The zero-order valence-electron chi connectivity index (χ0n) is 26.9. The second-order valence-corrected chi connectivity index (χ2v) is 13.5. The fourth-order valence-corrected chi connectivity index (χ4v) is 8.16. The minimum Gasteiger partial charge on any atom is -0.497 e. The van der Waals surface area contributed by atoms with Crippen molar-refractivity contribution in [1.82, 2.24) is 0 Å². The molecule has 0 aromatic heterocycles. The van der Waals surface area contributed by atoms with Crippen LogP contribution in [0, 0.1) is 11.8 Å². The molecule has 0 radical (unpaired) electrons. The Hall–Kier alpha value is -4.21. The van der Waals surface area contributed by atoms with Crippen molar-refractivity contribution in [3.63, 3.8) is 0 Å². The number of benzene rings is 3. The molecule has 9 nitrogen and oxygen atoms in total. The molecular formula is C37H41N3O6. The van der Waals surface area contributed by atoms with Gasteiger partial charge >= 0.3 is 0 Å². The maximum Gasteiger partial charge on any atom is 0.264 e. The molecule has 9 heteroatoms. The van der Waals surface area contributed by atoms with Gasteiger partial charge in [0.1, 0.15) is 5.75 Å². The molecule has 240 valence electrons. The van der Waals surface area contributed by atoms with Gasteiger partial charge in [0.05, 0.1) is 25.4 Å². The summed E-state index contributed by atoms with van der Waals surface area (Å²) < 4.78 is 12.4. The Morgan fingerprint density at radius 3 is 2.11 bits per heavy atom. The molecular weight excluding hydrogens is 582 g/mol. The first kappa shape index (κ1) is 30.4. The van der Waals surface area contributed by atoms with Crippen molar-refractivity contribution in [2.24, 2.45) is 11.8 Å². The summed E-state index contributed by atoms with van der Waals surface area (Å²) in [5.41, 5.74) is 3.47. The van der Waals surface area contributed by atoms with E-state index < -0.39 is 17.1 Å². The number of aliphatic hydroxyl groups is 1. The van der Waals surface area contributed by atoms with Crippen molar-refractivity contribution in [1.29, 1.82) is 0 Å². The summed E-state index contributed by atoms with van der Waals surface area (Å²) in [5.74, 6) is 0.429. The number of carbonyl (C=O) groups excluding carboxylic acids is 3. The molecule has 0 bridgehead atoms. The number of fused-ring (bicyclic) bond motifs is 2. The first-order valence-corrected chi connectivity index (χ1v) is 16.2. The molecule has 1 N–H and O–H groups in total. The van der Waals surface area contributed by atoms with Gasteiger partial charge < -0.3 is 29.3 Å². The molecule has 4 aliphatic rings. The Morgan fingerprint density at radius 2 is 1.54 bits per heavy atom. The molecule has 7 rings (SSSR count). The zero-order valence-corrected chi connectivity index (χ0v) is 26.9. The third-order valence-corrected chi connectivity index (χ3v) is 10.8. The van der Waals surface area contributed by atoms with Gasteiger partial charge in [0.15, 0.2) is 5.60 Å². The lowest BCUT2D eigenvalue weighted by Gasteiger charge is -2.38. The number of β-lactam (4-membered cyclic amide) rings is 2. The molecule has 4 heterocycles. The van der Waals surface area contributed by atoms with Crippen LogP contribution in [-0.2, 0) is 36.7 Å². The number of aliphatic hydroxyl groups excluding tert-OH is 1. The summed E-state index contributed by atoms with van der Waals surface area (Å²) in [7, 11) is 1.65. The highest BCUT2D eigenvalue weighted by molar-refractivity contribution is 6.09. The van der Waals surface area contributed by atoms with Crippen LogP contribution in [0.3, 0.4) is 0 Å². The standard InChI is InChI=1S/C37H41N3O6/c1-23-34(36(2,3)25-7-12-28(45-4)13-8-25)31(17-20-41)46-37(23)29-21-27(39-19-16-33(39)43)11-14-30(29)40(35(37)44)22-24-5-9-26(10-6-24)38-18-15-32(38)42/h5-14,21,23,31,34,41H,15-20,22H2,1-4H3/t23-,31+,34-,37+/m1/s1. The minimum atomic E-state index is -1.29. The lowest BCUT2D eigenvalue weighted by molar-refractivity contribution is -0.146. The first-order valence-electron chi connectivity index (χ1n) is 16.2. The molecule has 4 aliphatic heterocycles. The molecule has 0 saturated carbocycles. The van der Waals surface area contributed by atoms with Crippen LogP contribution < -0.4 is 19.4 Å². The summed E-state index contributed by atoms with van der Waals surface area (Å²) in [6, 6.07) is 21.7. The molecule has 3 aromatic carbocycles. The summed E-state index contributed by atoms with van der Waals surface area (Å²) in [4.78, 5) is 44.7. The quantitative estimate of drug-likeness (QED) is 0.340. The number of hydrogen-bond acceptors (Lipinski definition) is 6.